The predicted octanol–water partition coefficient (Wildman–Crippen LogP) is 2.61. The van der Waals surface area contributed by atoms with Gasteiger partial charge in [-0.05, 0) is 32.4 Å². The Bertz CT molecular complexity index is 711. The summed E-state index contributed by atoms with van der Waals surface area (Å²) < 4.78 is 51.1. The maximum absolute atomic E-state index is 13.7. The highest BCUT2D eigenvalue weighted by molar-refractivity contribution is 8.02. The second-order valence-corrected chi connectivity index (χ2v) is 7.33. The third kappa shape index (κ3) is 2.28. The number of aryl methyl sites for hydroxylation is 2. The number of aromatic nitrogens is 1. The minimum Gasteiger partial charge on any atom is -0.465 e. The molecule has 0 radical (unpaired) electrons. The molecule has 0 saturated carbocycles. The van der Waals surface area contributed by atoms with E-state index in [0.29, 0.717) is 11.3 Å². The molecule has 2 aliphatic heterocycles. The first kappa shape index (κ1) is 17.3. The van der Waals surface area contributed by atoms with Crippen LogP contribution < -0.4 is 4.74 Å². The van der Waals surface area contributed by atoms with Crippen molar-refractivity contribution in [2.24, 2.45) is 0 Å². The molecule has 2 bridgehead atoms. The largest absolute Gasteiger partial charge is 0.465 e. The Morgan fingerprint density at radius 1 is 1.54 bits per heavy atom. The number of alkyl halides is 3. The van der Waals surface area contributed by atoms with Crippen molar-refractivity contribution < 1.29 is 32.5 Å². The predicted molar refractivity (Wildman–Crippen MR) is 79.7 cm³/mol. The van der Waals surface area contributed by atoms with Gasteiger partial charge in [0.1, 0.15) is 10.9 Å². The number of nitrogens with zero attached hydrogens (tertiary/aromatic N) is 1. The number of aliphatic hydroxyl groups is 1. The lowest BCUT2D eigenvalue weighted by Crippen LogP contribution is -2.51. The Morgan fingerprint density at radius 3 is 2.79 bits per heavy atom. The molecule has 2 aliphatic rings. The van der Waals surface area contributed by atoms with Gasteiger partial charge in [-0.15, -0.1) is 0 Å². The number of carbonyl (C=O) groups is 1. The van der Waals surface area contributed by atoms with Gasteiger partial charge in [0.2, 0.25) is 5.88 Å². The van der Waals surface area contributed by atoms with Crippen molar-refractivity contribution in [3.8, 4) is 5.88 Å². The molecule has 5 nitrogen and oxygen atoms in total. The van der Waals surface area contributed by atoms with E-state index in [0.717, 1.165) is 0 Å². The van der Waals surface area contributed by atoms with Crippen LogP contribution in [0.3, 0.4) is 0 Å². The number of thioether (sulfide) groups is 1. The van der Waals surface area contributed by atoms with Crippen LogP contribution in [0.15, 0.2) is 6.07 Å². The summed E-state index contributed by atoms with van der Waals surface area (Å²) in [6, 6.07) is 1.63. The first-order chi connectivity index (χ1) is 11.0. The molecule has 1 saturated heterocycles. The van der Waals surface area contributed by atoms with E-state index < -0.39 is 34.4 Å². The molecule has 0 spiro atoms. The number of rotatable bonds is 2. The van der Waals surface area contributed by atoms with Gasteiger partial charge in [0, 0.05) is 12.1 Å². The summed E-state index contributed by atoms with van der Waals surface area (Å²) in [6.45, 7) is 4.81. The Kier molecular flexibility index (Phi) is 3.80. The first-order valence-electron chi connectivity index (χ1n) is 7.35. The standard InChI is InChI=1S/C15H16F3NO4S/c1-4-22-12(20)10-13(21)6-14(24-10,15(16,17)18)23-11-9(13)7(2)5-8(3)19-11/h5,10,21H,4,6H2,1-3H3/t10-,13-,14+/m1/s1. The third-order valence-corrected chi connectivity index (χ3v) is 5.84. The van der Waals surface area contributed by atoms with Crippen molar-refractivity contribution in [3.05, 3.63) is 22.9 Å². The van der Waals surface area contributed by atoms with E-state index in [4.69, 9.17) is 9.47 Å². The van der Waals surface area contributed by atoms with Gasteiger partial charge in [0.05, 0.1) is 12.2 Å². The van der Waals surface area contributed by atoms with Crippen molar-refractivity contribution >= 4 is 17.7 Å². The van der Waals surface area contributed by atoms with Gasteiger partial charge in [-0.1, -0.05) is 11.8 Å². The van der Waals surface area contributed by atoms with E-state index >= 15 is 0 Å². The van der Waals surface area contributed by atoms with Crippen LogP contribution in [-0.4, -0.2) is 39.0 Å². The zero-order valence-corrected chi connectivity index (χ0v) is 14.0. The van der Waals surface area contributed by atoms with E-state index in [1.54, 1.807) is 26.8 Å². The van der Waals surface area contributed by atoms with Gasteiger partial charge < -0.3 is 14.6 Å². The third-order valence-electron chi connectivity index (χ3n) is 4.18. The Morgan fingerprint density at radius 2 is 2.21 bits per heavy atom. The molecule has 0 aromatic carbocycles. The maximum atomic E-state index is 13.7. The average molecular weight is 363 g/mol. The molecular weight excluding hydrogens is 347 g/mol. The van der Waals surface area contributed by atoms with Crippen LogP contribution in [0.1, 0.15) is 30.2 Å². The van der Waals surface area contributed by atoms with Crippen molar-refractivity contribution in [2.45, 2.75) is 49.2 Å². The van der Waals surface area contributed by atoms with Gasteiger partial charge in [-0.2, -0.15) is 13.2 Å². The Balaban J connectivity index is 2.21. The topological polar surface area (TPSA) is 68.7 Å². The fourth-order valence-corrected chi connectivity index (χ4v) is 4.81. The van der Waals surface area contributed by atoms with Gasteiger partial charge >= 0.3 is 12.1 Å². The summed E-state index contributed by atoms with van der Waals surface area (Å²) in [4.78, 5) is 13.5. The van der Waals surface area contributed by atoms with Gasteiger partial charge in [0.15, 0.2) is 0 Å². The van der Waals surface area contributed by atoms with Crippen molar-refractivity contribution in [2.75, 3.05) is 6.61 Å². The Labute approximate surface area is 140 Å². The summed E-state index contributed by atoms with van der Waals surface area (Å²) in [5.74, 6) is -1.18. The molecule has 3 rings (SSSR count). The van der Waals surface area contributed by atoms with Gasteiger partial charge in [-0.3, -0.25) is 4.79 Å². The zero-order valence-electron chi connectivity index (χ0n) is 13.2. The van der Waals surface area contributed by atoms with Gasteiger partial charge in [-0.25, -0.2) is 4.98 Å². The molecule has 9 heteroatoms. The molecule has 0 aliphatic carbocycles. The second-order valence-electron chi connectivity index (χ2n) is 5.96. The molecule has 24 heavy (non-hydrogen) atoms. The molecule has 3 atom stereocenters. The summed E-state index contributed by atoms with van der Waals surface area (Å²) >= 11 is 0.242. The lowest BCUT2D eigenvalue weighted by atomic mass is 9.81. The van der Waals surface area contributed by atoms with Crippen LogP contribution in [-0.2, 0) is 15.1 Å². The fourth-order valence-electron chi connectivity index (χ4n) is 3.30. The summed E-state index contributed by atoms with van der Waals surface area (Å²) in [6.07, 6.45) is -5.57. The smallest absolute Gasteiger partial charge is 0.438 e. The number of esters is 1. The molecule has 1 aromatic heterocycles. The van der Waals surface area contributed by atoms with E-state index in [1.165, 1.54) is 0 Å². The summed E-state index contributed by atoms with van der Waals surface area (Å²) in [7, 11) is 0. The normalized spacial score (nSPS) is 31.4. The number of hydrogen-bond acceptors (Lipinski definition) is 6. The quantitative estimate of drug-likeness (QED) is 0.815. The van der Waals surface area contributed by atoms with Crippen molar-refractivity contribution in [1.29, 1.82) is 0 Å². The molecule has 0 unspecified atom stereocenters. The molecule has 0 amide bonds. The number of halogens is 3. The van der Waals surface area contributed by atoms with E-state index in [1.807, 2.05) is 0 Å². The highest BCUT2D eigenvalue weighted by Gasteiger charge is 2.74. The van der Waals surface area contributed by atoms with Crippen LogP contribution in [0.2, 0.25) is 0 Å². The van der Waals surface area contributed by atoms with E-state index in [9.17, 15) is 23.1 Å². The van der Waals surface area contributed by atoms with E-state index in [2.05, 4.69) is 4.98 Å². The molecule has 1 N–H and O–H groups in total. The summed E-state index contributed by atoms with van der Waals surface area (Å²) in [5, 5.41) is 9.65. The minimum absolute atomic E-state index is 0.00381. The SMILES string of the molecule is CCOC(=O)[C@H]1S[C@]2(C(F)(F)F)C[C@@]1(O)c1c(C)cc(C)nc1O2. The lowest BCUT2D eigenvalue weighted by molar-refractivity contribution is -0.228. The van der Waals surface area contributed by atoms with Crippen molar-refractivity contribution in [3.63, 3.8) is 0 Å². The molecule has 132 valence electrons. The van der Waals surface area contributed by atoms with Crippen LogP contribution in [0.4, 0.5) is 13.2 Å². The lowest BCUT2D eigenvalue weighted by Gasteiger charge is -2.38. The number of carbonyl (C=O) groups excluding carboxylic acids is 1. The summed E-state index contributed by atoms with van der Waals surface area (Å²) in [5.41, 5.74) is -0.945. The van der Waals surface area contributed by atoms with Crippen LogP contribution in [0.5, 0.6) is 5.88 Å². The van der Waals surface area contributed by atoms with Crippen LogP contribution >= 0.6 is 11.8 Å². The van der Waals surface area contributed by atoms with Crippen LogP contribution in [0.25, 0.3) is 0 Å². The molecular formula is C15H16F3NO4S. The number of ether oxygens (including phenoxy) is 2. The highest BCUT2D eigenvalue weighted by Crippen LogP contribution is 2.64. The molecule has 1 fully saturated rings. The highest BCUT2D eigenvalue weighted by atomic mass is 32.2. The average Bonchev–Trinajstić information content (AvgIpc) is 2.67. The zero-order chi connectivity index (χ0) is 17.9. The van der Waals surface area contributed by atoms with Crippen molar-refractivity contribution in [1.82, 2.24) is 4.98 Å². The Hall–Kier alpha value is -1.48. The minimum atomic E-state index is -4.79. The first-order valence-corrected chi connectivity index (χ1v) is 8.23. The maximum Gasteiger partial charge on any atom is 0.438 e. The fraction of sp³-hybridized carbons (Fsp3) is 0.600. The van der Waals surface area contributed by atoms with Gasteiger partial charge in [0.25, 0.3) is 4.93 Å². The molecule has 1 aromatic rings. The monoisotopic (exact) mass is 363 g/mol. The molecule has 3 heterocycles. The van der Waals surface area contributed by atoms with Crippen LogP contribution in [0, 0.1) is 13.8 Å². The number of fused-ring (bicyclic) bond motifs is 4. The number of pyridine rings is 1. The number of hydrogen-bond donors (Lipinski definition) is 1. The second kappa shape index (κ2) is 5.26. The van der Waals surface area contributed by atoms with E-state index in [-0.39, 0.29) is 29.8 Å².